The van der Waals surface area contributed by atoms with Crippen LogP contribution in [0.1, 0.15) is 29.0 Å². The number of aliphatic carboxylic acids is 1. The Morgan fingerprint density at radius 2 is 1.56 bits per heavy atom. The number of likely N-dealkylation sites (N-methyl/N-ethyl adjacent to an activating group) is 1. The smallest absolute Gasteiger partial charge is 0.407 e. The number of rotatable bonds is 11. The summed E-state index contributed by atoms with van der Waals surface area (Å²) in [7, 11) is 1.83. The van der Waals surface area contributed by atoms with Crippen molar-refractivity contribution in [2.24, 2.45) is 11.8 Å². The Balaban J connectivity index is 1.06. The zero-order chi connectivity index (χ0) is 27.4. The summed E-state index contributed by atoms with van der Waals surface area (Å²) in [4.78, 5) is 38.8. The molecule has 0 aliphatic heterocycles. The van der Waals surface area contributed by atoms with E-state index in [0.29, 0.717) is 19.5 Å². The lowest BCUT2D eigenvalue weighted by Crippen LogP contribution is -2.48. The third-order valence-electron chi connectivity index (χ3n) is 7.52. The molecule has 3 aromatic rings. The Morgan fingerprint density at radius 3 is 2.21 bits per heavy atom. The van der Waals surface area contributed by atoms with Crippen LogP contribution in [0, 0.1) is 11.8 Å². The largest absolute Gasteiger partial charge is 0.480 e. The molecule has 3 aromatic carbocycles. The first kappa shape index (κ1) is 26.4. The van der Waals surface area contributed by atoms with Crippen molar-refractivity contribution < 1.29 is 24.2 Å². The molecule has 2 amide bonds. The number of amides is 2. The van der Waals surface area contributed by atoms with Crippen LogP contribution in [-0.2, 0) is 20.9 Å². The third-order valence-corrected chi connectivity index (χ3v) is 7.52. The van der Waals surface area contributed by atoms with Gasteiger partial charge >= 0.3 is 12.1 Å². The summed E-state index contributed by atoms with van der Waals surface area (Å²) in [6, 6.07) is 25.0. The average molecular weight is 528 g/mol. The number of carbonyl (C=O) groups excluding carboxylic acids is 2. The van der Waals surface area contributed by atoms with E-state index >= 15 is 0 Å². The van der Waals surface area contributed by atoms with Crippen molar-refractivity contribution in [1.82, 2.24) is 15.5 Å². The molecule has 8 heteroatoms. The van der Waals surface area contributed by atoms with Crippen LogP contribution in [-0.4, -0.2) is 60.8 Å². The monoisotopic (exact) mass is 527 g/mol. The van der Waals surface area contributed by atoms with Gasteiger partial charge in [-0.2, -0.15) is 0 Å². The molecule has 1 fully saturated rings. The highest BCUT2D eigenvalue weighted by Crippen LogP contribution is 2.44. The molecule has 0 heterocycles. The topological polar surface area (TPSA) is 108 Å². The number of alkyl carbamates (subject to hydrolysis) is 1. The molecule has 0 radical (unpaired) electrons. The van der Waals surface area contributed by atoms with E-state index < -0.39 is 18.1 Å². The van der Waals surface area contributed by atoms with Gasteiger partial charge < -0.3 is 20.5 Å². The van der Waals surface area contributed by atoms with Gasteiger partial charge in [0.05, 0.1) is 0 Å². The number of carbonyl (C=O) groups is 3. The van der Waals surface area contributed by atoms with E-state index in [1.165, 1.54) is 11.1 Å². The number of carboxylic acids is 1. The van der Waals surface area contributed by atoms with Crippen molar-refractivity contribution in [2.45, 2.75) is 24.9 Å². The maximum atomic E-state index is 12.7. The molecule has 39 heavy (non-hydrogen) atoms. The van der Waals surface area contributed by atoms with Crippen molar-refractivity contribution >= 4 is 18.0 Å². The highest BCUT2D eigenvalue weighted by molar-refractivity contribution is 5.87. The summed E-state index contributed by atoms with van der Waals surface area (Å²) < 4.78 is 5.57. The van der Waals surface area contributed by atoms with E-state index in [9.17, 15) is 19.5 Å². The molecule has 0 bridgehead atoms. The minimum atomic E-state index is -1.07. The number of hydrogen-bond donors (Lipinski definition) is 3. The molecule has 202 valence electrons. The lowest BCUT2D eigenvalue weighted by molar-refractivity contribution is -0.142. The predicted octanol–water partition coefficient (Wildman–Crippen LogP) is 3.86. The fraction of sp³-hybridized carbons (Fsp3) is 0.323. The molecule has 0 spiro atoms. The number of carboxylic acid groups (broad SMARTS) is 1. The molecule has 2 aliphatic carbocycles. The normalized spacial score (nSPS) is 18.1. The van der Waals surface area contributed by atoms with Crippen molar-refractivity contribution in [3.8, 4) is 11.1 Å². The minimum absolute atomic E-state index is 0.0180. The average Bonchev–Trinajstić information content (AvgIpc) is 3.66. The number of fused-ring (bicyclic) bond motifs is 3. The zero-order valence-electron chi connectivity index (χ0n) is 21.9. The van der Waals surface area contributed by atoms with E-state index in [-0.39, 0.29) is 36.8 Å². The number of nitrogens with one attached hydrogen (secondary N) is 2. The van der Waals surface area contributed by atoms with Crippen LogP contribution in [0.4, 0.5) is 4.79 Å². The Bertz CT molecular complexity index is 1300. The number of hydrogen-bond acceptors (Lipinski definition) is 5. The maximum Gasteiger partial charge on any atom is 0.407 e. The van der Waals surface area contributed by atoms with Gasteiger partial charge in [0.15, 0.2) is 0 Å². The molecule has 2 aliphatic rings. The fourth-order valence-corrected chi connectivity index (χ4v) is 5.39. The molecule has 0 saturated heterocycles. The Labute approximate surface area is 228 Å². The van der Waals surface area contributed by atoms with Crippen LogP contribution < -0.4 is 10.6 Å². The Kier molecular flexibility index (Phi) is 7.93. The quantitative estimate of drug-likeness (QED) is 0.350. The summed E-state index contributed by atoms with van der Waals surface area (Å²) in [5.41, 5.74) is 5.69. The van der Waals surface area contributed by atoms with E-state index in [0.717, 1.165) is 16.7 Å². The van der Waals surface area contributed by atoms with Gasteiger partial charge in [-0.3, -0.25) is 9.69 Å². The number of benzene rings is 3. The van der Waals surface area contributed by atoms with Crippen molar-refractivity contribution in [3.63, 3.8) is 0 Å². The molecule has 3 atom stereocenters. The summed E-state index contributed by atoms with van der Waals surface area (Å²) >= 11 is 0. The van der Waals surface area contributed by atoms with Crippen molar-refractivity contribution in [3.05, 3.63) is 95.6 Å². The molecule has 3 N–H and O–H groups in total. The first-order valence-corrected chi connectivity index (χ1v) is 13.2. The highest BCUT2D eigenvalue weighted by atomic mass is 16.5. The van der Waals surface area contributed by atoms with Gasteiger partial charge in [0.2, 0.25) is 5.91 Å². The summed E-state index contributed by atoms with van der Waals surface area (Å²) in [6.45, 7) is 1.30. The van der Waals surface area contributed by atoms with Crippen LogP contribution in [0.3, 0.4) is 0 Å². The molecule has 5 rings (SSSR count). The van der Waals surface area contributed by atoms with Crippen LogP contribution in [0.5, 0.6) is 0 Å². The predicted molar refractivity (Wildman–Crippen MR) is 147 cm³/mol. The van der Waals surface area contributed by atoms with E-state index in [4.69, 9.17) is 4.74 Å². The second-order valence-electron chi connectivity index (χ2n) is 10.4. The summed E-state index contributed by atoms with van der Waals surface area (Å²) in [5, 5.41) is 15.1. The Morgan fingerprint density at radius 1 is 0.949 bits per heavy atom. The number of ether oxygens (including phenoxy) is 1. The fourth-order valence-electron chi connectivity index (χ4n) is 5.39. The highest BCUT2D eigenvalue weighted by Gasteiger charge is 2.44. The SMILES string of the molecule is CN(Cc1ccccc1)CC(NC(=O)C1CC1CNC(=O)OCC1c2ccccc2-c2ccccc21)C(=O)O. The van der Waals surface area contributed by atoms with Gasteiger partial charge in [-0.25, -0.2) is 9.59 Å². The second-order valence-corrected chi connectivity index (χ2v) is 10.4. The van der Waals surface area contributed by atoms with Gasteiger partial charge in [0, 0.05) is 31.5 Å². The summed E-state index contributed by atoms with van der Waals surface area (Å²) in [6.07, 6.45) is 0.0793. The molecule has 3 unspecified atom stereocenters. The molecule has 8 nitrogen and oxygen atoms in total. The van der Waals surface area contributed by atoms with Crippen LogP contribution in [0.15, 0.2) is 78.9 Å². The van der Waals surface area contributed by atoms with Gasteiger partial charge in [-0.15, -0.1) is 0 Å². The molecular weight excluding hydrogens is 494 g/mol. The van der Waals surface area contributed by atoms with Crippen molar-refractivity contribution in [1.29, 1.82) is 0 Å². The minimum Gasteiger partial charge on any atom is -0.480 e. The lowest BCUT2D eigenvalue weighted by Gasteiger charge is -2.22. The summed E-state index contributed by atoms with van der Waals surface area (Å²) in [5.74, 6) is -1.75. The van der Waals surface area contributed by atoms with Gasteiger partial charge in [0.1, 0.15) is 12.6 Å². The molecule has 1 saturated carbocycles. The van der Waals surface area contributed by atoms with Crippen molar-refractivity contribution in [2.75, 3.05) is 26.7 Å². The third kappa shape index (κ3) is 6.29. The maximum absolute atomic E-state index is 12.7. The van der Waals surface area contributed by atoms with E-state index in [1.807, 2.05) is 66.5 Å². The van der Waals surface area contributed by atoms with Gasteiger partial charge in [0.25, 0.3) is 0 Å². The standard InChI is InChI=1S/C31H33N3O5/c1-34(17-20-9-3-2-4-10-20)18-28(30(36)37)33-29(35)26-15-21(26)16-32-31(38)39-19-27-24-13-7-5-11-22(24)23-12-6-8-14-25(23)27/h2-14,21,26-28H,15-19H2,1H3,(H,32,38)(H,33,35)(H,36,37). The number of nitrogens with zero attached hydrogens (tertiary/aromatic N) is 1. The lowest BCUT2D eigenvalue weighted by atomic mass is 9.98. The zero-order valence-corrected chi connectivity index (χ0v) is 21.9. The molecular formula is C31H33N3O5. The first-order valence-electron chi connectivity index (χ1n) is 13.2. The second kappa shape index (κ2) is 11.7. The molecule has 0 aromatic heterocycles. The van der Waals surface area contributed by atoms with Crippen LogP contribution in [0.2, 0.25) is 0 Å². The van der Waals surface area contributed by atoms with E-state index in [1.54, 1.807) is 0 Å². The van der Waals surface area contributed by atoms with Gasteiger partial charge in [-0.1, -0.05) is 78.9 Å². The Hall–Kier alpha value is -4.17. The van der Waals surface area contributed by atoms with E-state index in [2.05, 4.69) is 34.9 Å². The van der Waals surface area contributed by atoms with Crippen LogP contribution >= 0.6 is 0 Å². The first-order chi connectivity index (χ1) is 18.9. The van der Waals surface area contributed by atoms with Gasteiger partial charge in [-0.05, 0) is 47.2 Å². The van der Waals surface area contributed by atoms with Crippen LogP contribution in [0.25, 0.3) is 11.1 Å².